The maximum atomic E-state index is 13.4. The van der Waals surface area contributed by atoms with Gasteiger partial charge in [-0.1, -0.05) is 0 Å². The van der Waals surface area contributed by atoms with E-state index >= 15 is 0 Å². The maximum absolute atomic E-state index is 13.4. The highest BCUT2D eigenvalue weighted by Gasteiger charge is 2.23. The van der Waals surface area contributed by atoms with Gasteiger partial charge in [-0.2, -0.15) is 0 Å². The van der Waals surface area contributed by atoms with Crippen molar-refractivity contribution in [1.29, 1.82) is 0 Å². The van der Waals surface area contributed by atoms with E-state index < -0.39 is 40.7 Å². The number of halogens is 2. The third-order valence-electron chi connectivity index (χ3n) is 2.24. The van der Waals surface area contributed by atoms with Crippen LogP contribution in [-0.2, 0) is 4.79 Å². The summed E-state index contributed by atoms with van der Waals surface area (Å²) in [7, 11) is 0. The van der Waals surface area contributed by atoms with Crippen LogP contribution in [0.15, 0.2) is 6.07 Å². The van der Waals surface area contributed by atoms with Crippen molar-refractivity contribution in [3.63, 3.8) is 0 Å². The minimum absolute atomic E-state index is 0.216. The number of aliphatic carboxylic acids is 1. The van der Waals surface area contributed by atoms with Crippen molar-refractivity contribution >= 4 is 5.97 Å². The predicted molar refractivity (Wildman–Crippen MR) is 53.5 cm³/mol. The fraction of sp³-hybridized carbons (Fsp3) is 0.300. The molecule has 1 rings (SSSR count). The molecule has 94 valence electrons. The van der Waals surface area contributed by atoms with Crippen LogP contribution in [-0.4, -0.2) is 21.3 Å². The molecule has 0 aromatic heterocycles. The zero-order chi connectivity index (χ0) is 13.2. The Labute approximate surface area is 95.1 Å². The molecule has 5 N–H and O–H groups in total. The summed E-state index contributed by atoms with van der Waals surface area (Å²) < 4.78 is 26.8. The molecule has 1 aromatic rings. The van der Waals surface area contributed by atoms with Gasteiger partial charge in [-0.15, -0.1) is 0 Å². The van der Waals surface area contributed by atoms with Gasteiger partial charge in [0.2, 0.25) is 0 Å². The molecule has 5 nitrogen and oxygen atoms in total. The van der Waals surface area contributed by atoms with E-state index in [1.165, 1.54) is 0 Å². The summed E-state index contributed by atoms with van der Waals surface area (Å²) in [5.74, 6) is -5.63. The lowest BCUT2D eigenvalue weighted by Gasteiger charge is -2.14. The van der Waals surface area contributed by atoms with E-state index in [2.05, 4.69) is 0 Å². The van der Waals surface area contributed by atoms with Gasteiger partial charge in [-0.05, 0) is 6.42 Å². The molecule has 0 heterocycles. The van der Waals surface area contributed by atoms with Gasteiger partial charge in [0.1, 0.15) is 0 Å². The smallest absolute Gasteiger partial charge is 0.303 e. The van der Waals surface area contributed by atoms with E-state index in [4.69, 9.17) is 21.1 Å². The van der Waals surface area contributed by atoms with Crippen LogP contribution in [0.5, 0.6) is 11.5 Å². The van der Waals surface area contributed by atoms with Gasteiger partial charge in [0, 0.05) is 24.1 Å². The van der Waals surface area contributed by atoms with Crippen molar-refractivity contribution in [2.45, 2.75) is 18.9 Å². The Morgan fingerprint density at radius 1 is 1.29 bits per heavy atom. The molecule has 0 aliphatic heterocycles. The Bertz CT molecular complexity index is 424. The Hall–Kier alpha value is -1.89. The number of phenolic OH excluding ortho intramolecular Hbond substituents is 2. The first-order chi connectivity index (χ1) is 7.84. The van der Waals surface area contributed by atoms with Crippen molar-refractivity contribution in [1.82, 2.24) is 0 Å². The number of aromatic hydroxyl groups is 2. The van der Waals surface area contributed by atoms with Crippen LogP contribution in [0.2, 0.25) is 0 Å². The molecule has 1 unspecified atom stereocenters. The van der Waals surface area contributed by atoms with Crippen LogP contribution in [0.3, 0.4) is 0 Å². The Balaban J connectivity index is 3.07. The lowest BCUT2D eigenvalue weighted by atomic mass is 10.0. The zero-order valence-corrected chi connectivity index (χ0v) is 8.65. The third kappa shape index (κ3) is 2.82. The Kier molecular flexibility index (Phi) is 3.84. The van der Waals surface area contributed by atoms with Crippen molar-refractivity contribution in [3.05, 3.63) is 23.3 Å². The molecule has 0 amide bonds. The predicted octanol–water partition coefficient (Wildman–Crippen LogP) is 1.24. The van der Waals surface area contributed by atoms with Crippen LogP contribution in [0.25, 0.3) is 0 Å². The first kappa shape index (κ1) is 13.2. The van der Waals surface area contributed by atoms with Crippen LogP contribution >= 0.6 is 0 Å². The van der Waals surface area contributed by atoms with Crippen molar-refractivity contribution in [2.75, 3.05) is 0 Å². The molecule has 0 aliphatic rings. The van der Waals surface area contributed by atoms with Gasteiger partial charge in [-0.3, -0.25) is 4.79 Å². The number of hydrogen-bond acceptors (Lipinski definition) is 4. The summed E-state index contributed by atoms with van der Waals surface area (Å²) in [5, 5.41) is 26.5. The van der Waals surface area contributed by atoms with E-state index in [9.17, 15) is 13.6 Å². The average molecular weight is 247 g/mol. The summed E-state index contributed by atoms with van der Waals surface area (Å²) in [6.45, 7) is 0. The second-order valence-corrected chi connectivity index (χ2v) is 3.50. The largest absolute Gasteiger partial charge is 0.505 e. The quantitative estimate of drug-likeness (QED) is 0.640. The van der Waals surface area contributed by atoms with Crippen LogP contribution in [0, 0.1) is 11.6 Å². The Morgan fingerprint density at radius 2 is 1.76 bits per heavy atom. The van der Waals surface area contributed by atoms with Crippen LogP contribution < -0.4 is 5.73 Å². The first-order valence-corrected chi connectivity index (χ1v) is 4.71. The fourth-order valence-corrected chi connectivity index (χ4v) is 1.38. The lowest BCUT2D eigenvalue weighted by Crippen LogP contribution is -2.16. The van der Waals surface area contributed by atoms with Crippen molar-refractivity contribution < 1.29 is 28.9 Å². The van der Waals surface area contributed by atoms with Crippen LogP contribution in [0.1, 0.15) is 24.4 Å². The van der Waals surface area contributed by atoms with E-state index in [0.29, 0.717) is 6.07 Å². The molecular formula is C10H11F2NO4. The number of carboxylic acids is 1. The van der Waals surface area contributed by atoms with E-state index in [0.717, 1.165) is 0 Å². The van der Waals surface area contributed by atoms with Gasteiger partial charge in [-0.25, -0.2) is 8.78 Å². The number of benzene rings is 1. The number of carboxylic acid groups (broad SMARTS) is 1. The molecule has 7 heteroatoms. The molecule has 1 atom stereocenters. The molecule has 0 bridgehead atoms. The first-order valence-electron chi connectivity index (χ1n) is 4.71. The number of rotatable bonds is 4. The standard InChI is InChI=1S/C10H11F2NO4/c11-9-5(14)3-6(15)10(12)8(9)4(13)1-2-7(16)17/h3-4,14-15H,1-2,13H2,(H,16,17). The number of nitrogens with two attached hydrogens (primary N) is 1. The molecule has 0 saturated heterocycles. The number of hydrogen-bond donors (Lipinski definition) is 4. The van der Waals surface area contributed by atoms with E-state index in [-0.39, 0.29) is 12.8 Å². The van der Waals surface area contributed by atoms with Gasteiger partial charge in [0.25, 0.3) is 0 Å². The SMILES string of the molecule is NC(CCC(=O)O)c1c(F)c(O)cc(O)c1F. The van der Waals surface area contributed by atoms with Crippen molar-refractivity contribution in [2.24, 2.45) is 5.73 Å². The normalized spacial score (nSPS) is 12.4. The summed E-state index contributed by atoms with van der Waals surface area (Å²) in [6, 6.07) is -0.748. The summed E-state index contributed by atoms with van der Waals surface area (Å²) >= 11 is 0. The molecule has 17 heavy (non-hydrogen) atoms. The summed E-state index contributed by atoms with van der Waals surface area (Å²) in [6.07, 6.45) is -0.595. The van der Waals surface area contributed by atoms with Gasteiger partial charge >= 0.3 is 5.97 Å². The molecule has 0 spiro atoms. The van der Waals surface area contributed by atoms with Gasteiger partial charge in [0.15, 0.2) is 23.1 Å². The second kappa shape index (κ2) is 4.96. The molecule has 0 aliphatic carbocycles. The zero-order valence-electron chi connectivity index (χ0n) is 8.65. The number of carbonyl (C=O) groups is 1. The van der Waals surface area contributed by atoms with E-state index in [1.54, 1.807) is 0 Å². The molecule has 1 aromatic carbocycles. The van der Waals surface area contributed by atoms with Gasteiger partial charge < -0.3 is 21.1 Å². The average Bonchev–Trinajstić information content (AvgIpc) is 2.24. The Morgan fingerprint density at radius 3 is 2.18 bits per heavy atom. The highest BCUT2D eigenvalue weighted by molar-refractivity contribution is 5.66. The minimum atomic E-state index is -1.29. The highest BCUT2D eigenvalue weighted by atomic mass is 19.1. The van der Waals surface area contributed by atoms with Gasteiger partial charge in [0.05, 0.1) is 0 Å². The molecule has 0 saturated carbocycles. The summed E-state index contributed by atoms with van der Waals surface area (Å²) in [5.41, 5.74) is 4.70. The third-order valence-corrected chi connectivity index (χ3v) is 2.24. The van der Waals surface area contributed by atoms with E-state index in [1.807, 2.05) is 0 Å². The highest BCUT2D eigenvalue weighted by Crippen LogP contribution is 2.33. The van der Waals surface area contributed by atoms with Crippen molar-refractivity contribution in [3.8, 4) is 11.5 Å². The second-order valence-electron chi connectivity index (χ2n) is 3.50. The maximum Gasteiger partial charge on any atom is 0.303 e. The van der Waals surface area contributed by atoms with Crippen LogP contribution in [0.4, 0.5) is 8.78 Å². The lowest BCUT2D eigenvalue weighted by molar-refractivity contribution is -0.137. The molecule has 0 radical (unpaired) electrons. The molecule has 0 fully saturated rings. The number of phenols is 2. The topological polar surface area (TPSA) is 104 Å². The fourth-order valence-electron chi connectivity index (χ4n) is 1.38. The minimum Gasteiger partial charge on any atom is -0.505 e. The summed E-state index contributed by atoms with van der Waals surface area (Å²) in [4.78, 5) is 10.3. The molecular weight excluding hydrogens is 236 g/mol. The monoisotopic (exact) mass is 247 g/mol.